The van der Waals surface area contributed by atoms with Gasteiger partial charge in [0, 0.05) is 22.3 Å². The first-order valence-corrected chi connectivity index (χ1v) is 8.66. The second-order valence-electron chi connectivity index (χ2n) is 5.65. The molecule has 0 unspecified atom stereocenters. The van der Waals surface area contributed by atoms with Crippen molar-refractivity contribution in [2.45, 2.75) is 6.54 Å². The van der Waals surface area contributed by atoms with Gasteiger partial charge in [0.2, 0.25) is 0 Å². The topological polar surface area (TPSA) is 99.3 Å². The fourth-order valence-corrected chi connectivity index (χ4v) is 2.73. The van der Waals surface area contributed by atoms with Crippen molar-refractivity contribution in [2.75, 3.05) is 12.4 Å². The Bertz CT molecular complexity index is 985. The number of hydrogen-bond donors (Lipinski definition) is 1. The number of amides is 1. The molecule has 1 heterocycles. The molecule has 0 bridgehead atoms. The minimum Gasteiger partial charge on any atom is -0.490 e. The second kappa shape index (κ2) is 8.00. The Morgan fingerprint density at radius 2 is 2.04 bits per heavy atom. The highest BCUT2D eigenvalue weighted by molar-refractivity contribution is 9.10. The predicted octanol–water partition coefficient (Wildman–Crippen LogP) is 3.86. The van der Waals surface area contributed by atoms with E-state index in [0.717, 1.165) is 10.0 Å². The van der Waals surface area contributed by atoms with E-state index in [1.165, 1.54) is 31.5 Å². The van der Waals surface area contributed by atoms with E-state index in [2.05, 4.69) is 26.3 Å². The highest BCUT2D eigenvalue weighted by Crippen LogP contribution is 2.27. The van der Waals surface area contributed by atoms with Gasteiger partial charge in [-0.25, -0.2) is 0 Å². The number of nitrogens with one attached hydrogen (secondary N) is 1. The Morgan fingerprint density at radius 1 is 1.30 bits per heavy atom. The molecule has 0 saturated carbocycles. The number of methoxy groups -OCH3 is 1. The van der Waals surface area contributed by atoms with Crippen molar-refractivity contribution >= 4 is 33.2 Å². The highest BCUT2D eigenvalue weighted by Gasteiger charge is 2.18. The highest BCUT2D eigenvalue weighted by atomic mass is 79.9. The van der Waals surface area contributed by atoms with Gasteiger partial charge in [-0.3, -0.25) is 19.6 Å². The van der Waals surface area contributed by atoms with Crippen molar-refractivity contribution < 1.29 is 14.5 Å². The van der Waals surface area contributed by atoms with E-state index in [1.54, 1.807) is 10.9 Å². The molecule has 3 aromatic rings. The normalized spacial score (nSPS) is 10.4. The molecule has 0 fully saturated rings. The Kier molecular flexibility index (Phi) is 5.51. The standard InChI is InChI=1S/C18H15BrN4O4/c1-27-17-7-4-13(8-16(17)23(25)26)18(24)21-15-9-20-22(11-15)10-12-2-5-14(19)6-3-12/h2-9,11H,10H2,1H3,(H,21,24). The van der Waals surface area contributed by atoms with Crippen LogP contribution in [0.5, 0.6) is 5.75 Å². The molecule has 0 radical (unpaired) electrons. The van der Waals surface area contributed by atoms with Crippen LogP contribution >= 0.6 is 15.9 Å². The van der Waals surface area contributed by atoms with Crippen LogP contribution in [0.3, 0.4) is 0 Å². The summed E-state index contributed by atoms with van der Waals surface area (Å²) in [5.74, 6) is -0.372. The van der Waals surface area contributed by atoms with Gasteiger partial charge in [0.1, 0.15) is 0 Å². The Hall–Kier alpha value is -3.20. The third-order valence-electron chi connectivity index (χ3n) is 3.79. The maximum absolute atomic E-state index is 12.4. The number of benzene rings is 2. The molecule has 0 saturated heterocycles. The average molecular weight is 431 g/mol. The van der Waals surface area contributed by atoms with Crippen LogP contribution in [0.15, 0.2) is 59.3 Å². The van der Waals surface area contributed by atoms with E-state index in [1.807, 2.05) is 24.3 Å². The van der Waals surface area contributed by atoms with Crippen molar-refractivity contribution in [3.05, 3.63) is 80.6 Å². The minimum absolute atomic E-state index is 0.0962. The number of nitro groups is 1. The van der Waals surface area contributed by atoms with Gasteiger partial charge in [-0.15, -0.1) is 0 Å². The lowest BCUT2D eigenvalue weighted by Gasteiger charge is -2.05. The zero-order valence-electron chi connectivity index (χ0n) is 14.3. The monoisotopic (exact) mass is 430 g/mol. The van der Waals surface area contributed by atoms with E-state index < -0.39 is 10.8 Å². The van der Waals surface area contributed by atoms with Gasteiger partial charge < -0.3 is 10.1 Å². The van der Waals surface area contributed by atoms with Gasteiger partial charge in [-0.05, 0) is 29.8 Å². The number of carbonyl (C=O) groups excluding carboxylic acids is 1. The van der Waals surface area contributed by atoms with E-state index in [0.29, 0.717) is 12.2 Å². The van der Waals surface area contributed by atoms with Crippen LogP contribution in [0.2, 0.25) is 0 Å². The third kappa shape index (κ3) is 4.50. The Balaban J connectivity index is 1.71. The molecule has 2 aromatic carbocycles. The van der Waals surface area contributed by atoms with Gasteiger partial charge in [-0.1, -0.05) is 28.1 Å². The molecule has 9 heteroatoms. The Morgan fingerprint density at radius 3 is 2.70 bits per heavy atom. The van der Waals surface area contributed by atoms with Crippen LogP contribution in [0.1, 0.15) is 15.9 Å². The van der Waals surface area contributed by atoms with Crippen molar-refractivity contribution in [2.24, 2.45) is 0 Å². The quantitative estimate of drug-likeness (QED) is 0.472. The molecular formula is C18H15BrN4O4. The van der Waals surface area contributed by atoms with Gasteiger partial charge in [0.15, 0.2) is 5.75 Å². The summed E-state index contributed by atoms with van der Waals surface area (Å²) in [5, 5.41) is 18.0. The van der Waals surface area contributed by atoms with E-state index in [-0.39, 0.29) is 17.0 Å². The number of aromatic nitrogens is 2. The number of ether oxygens (including phenoxy) is 1. The third-order valence-corrected chi connectivity index (χ3v) is 4.32. The van der Waals surface area contributed by atoms with E-state index >= 15 is 0 Å². The van der Waals surface area contributed by atoms with Gasteiger partial charge in [0.25, 0.3) is 5.91 Å². The summed E-state index contributed by atoms with van der Waals surface area (Å²) >= 11 is 3.39. The lowest BCUT2D eigenvalue weighted by Crippen LogP contribution is -2.12. The van der Waals surface area contributed by atoms with Crippen LogP contribution in [0, 0.1) is 10.1 Å². The molecule has 27 heavy (non-hydrogen) atoms. The molecule has 0 aliphatic carbocycles. The van der Waals surface area contributed by atoms with Gasteiger partial charge in [-0.2, -0.15) is 5.10 Å². The first kappa shape index (κ1) is 18.6. The van der Waals surface area contributed by atoms with Gasteiger partial charge >= 0.3 is 5.69 Å². The molecule has 8 nitrogen and oxygen atoms in total. The number of halogens is 1. The smallest absolute Gasteiger partial charge is 0.311 e. The summed E-state index contributed by atoms with van der Waals surface area (Å²) in [7, 11) is 1.34. The fraction of sp³-hybridized carbons (Fsp3) is 0.111. The van der Waals surface area contributed by atoms with E-state index in [4.69, 9.17) is 4.74 Å². The summed E-state index contributed by atoms with van der Waals surface area (Å²) < 4.78 is 7.62. The van der Waals surface area contributed by atoms with Crippen LogP contribution in [-0.4, -0.2) is 27.7 Å². The van der Waals surface area contributed by atoms with Gasteiger partial charge in [0.05, 0.1) is 30.5 Å². The zero-order valence-corrected chi connectivity index (χ0v) is 15.8. The molecule has 0 atom stereocenters. The fourth-order valence-electron chi connectivity index (χ4n) is 2.47. The summed E-state index contributed by atoms with van der Waals surface area (Å²) in [4.78, 5) is 22.9. The molecule has 0 aliphatic rings. The van der Waals surface area contributed by atoms with Crippen molar-refractivity contribution in [1.29, 1.82) is 0 Å². The number of anilines is 1. The molecule has 0 aliphatic heterocycles. The van der Waals surface area contributed by atoms with Crippen LogP contribution in [-0.2, 0) is 6.54 Å². The lowest BCUT2D eigenvalue weighted by atomic mass is 10.1. The molecule has 3 rings (SSSR count). The Labute approximate surface area is 163 Å². The minimum atomic E-state index is -0.591. The summed E-state index contributed by atoms with van der Waals surface area (Å²) in [5.41, 5.74) is 1.44. The molecule has 1 aromatic heterocycles. The van der Waals surface area contributed by atoms with Crippen LogP contribution in [0.25, 0.3) is 0 Å². The number of nitro benzene ring substituents is 1. The van der Waals surface area contributed by atoms with Crippen molar-refractivity contribution in [1.82, 2.24) is 9.78 Å². The number of nitrogens with zero attached hydrogens (tertiary/aromatic N) is 3. The predicted molar refractivity (Wildman–Crippen MR) is 103 cm³/mol. The average Bonchev–Trinajstić information content (AvgIpc) is 3.09. The largest absolute Gasteiger partial charge is 0.490 e. The molecule has 1 amide bonds. The maximum atomic E-state index is 12.4. The van der Waals surface area contributed by atoms with Crippen molar-refractivity contribution in [3.63, 3.8) is 0 Å². The molecule has 1 N–H and O–H groups in total. The zero-order chi connectivity index (χ0) is 19.4. The second-order valence-corrected chi connectivity index (χ2v) is 6.57. The molecule has 138 valence electrons. The number of rotatable bonds is 6. The summed E-state index contributed by atoms with van der Waals surface area (Å²) in [6, 6.07) is 11.9. The van der Waals surface area contributed by atoms with Crippen LogP contribution in [0.4, 0.5) is 11.4 Å². The van der Waals surface area contributed by atoms with Crippen molar-refractivity contribution in [3.8, 4) is 5.75 Å². The van der Waals surface area contributed by atoms with Crippen LogP contribution < -0.4 is 10.1 Å². The SMILES string of the molecule is COc1ccc(C(=O)Nc2cnn(Cc3ccc(Br)cc3)c2)cc1[N+](=O)[O-]. The summed E-state index contributed by atoms with van der Waals surface area (Å²) in [6.45, 7) is 0.553. The van der Waals surface area contributed by atoms with E-state index in [9.17, 15) is 14.9 Å². The lowest BCUT2D eigenvalue weighted by molar-refractivity contribution is -0.385. The number of carbonyl (C=O) groups is 1. The first-order valence-electron chi connectivity index (χ1n) is 7.87. The molecule has 0 spiro atoms. The summed E-state index contributed by atoms with van der Waals surface area (Å²) in [6.07, 6.45) is 3.21. The first-order chi connectivity index (χ1) is 13.0. The maximum Gasteiger partial charge on any atom is 0.311 e. The molecular weight excluding hydrogens is 416 g/mol. The number of hydrogen-bond acceptors (Lipinski definition) is 5.